The van der Waals surface area contributed by atoms with Crippen molar-refractivity contribution in [1.29, 1.82) is 0 Å². The zero-order chi connectivity index (χ0) is 12.4. The smallest absolute Gasteiger partial charge is 0.269 e. The highest BCUT2D eigenvalue weighted by Crippen LogP contribution is 2.28. The molecule has 2 rings (SSSR count). The van der Waals surface area contributed by atoms with Crippen LogP contribution in [-0.2, 0) is 4.79 Å². The summed E-state index contributed by atoms with van der Waals surface area (Å²) < 4.78 is 0. The molecule has 17 heavy (non-hydrogen) atoms. The van der Waals surface area contributed by atoms with Crippen LogP contribution >= 0.6 is 0 Å². The molecule has 1 aliphatic rings. The number of nitrogens with one attached hydrogen (secondary N) is 2. The summed E-state index contributed by atoms with van der Waals surface area (Å²) in [6, 6.07) is 5.59. The largest absolute Gasteiger partial charge is 0.273 e. The number of hydrogen-bond donors (Lipinski definition) is 2. The Morgan fingerprint density at radius 1 is 1.06 bits per heavy atom. The van der Waals surface area contributed by atoms with Gasteiger partial charge in [0.05, 0.1) is 0 Å². The summed E-state index contributed by atoms with van der Waals surface area (Å²) in [6.07, 6.45) is 1.84. The molecule has 90 valence electrons. The number of benzene rings is 1. The van der Waals surface area contributed by atoms with Crippen molar-refractivity contribution in [3.05, 3.63) is 34.9 Å². The molecule has 1 aromatic carbocycles. The van der Waals surface area contributed by atoms with E-state index in [-0.39, 0.29) is 17.7 Å². The number of carbonyl (C=O) groups excluding carboxylic acids is 2. The summed E-state index contributed by atoms with van der Waals surface area (Å²) in [7, 11) is 0. The van der Waals surface area contributed by atoms with Crippen molar-refractivity contribution >= 4 is 11.8 Å². The molecule has 2 N–H and O–H groups in total. The average Bonchev–Trinajstić information content (AvgIpc) is 3.07. The molecule has 2 amide bonds. The van der Waals surface area contributed by atoms with E-state index in [1.165, 1.54) is 0 Å². The zero-order valence-corrected chi connectivity index (χ0v) is 10.0. The van der Waals surface area contributed by atoms with E-state index in [9.17, 15) is 9.59 Å². The summed E-state index contributed by atoms with van der Waals surface area (Å²) in [5.74, 6) is -0.275. The molecular formula is C13H16N2O2. The second-order valence-electron chi connectivity index (χ2n) is 4.59. The lowest BCUT2D eigenvalue weighted by Crippen LogP contribution is -2.42. The minimum absolute atomic E-state index is 0.0922. The molecule has 0 atom stereocenters. The third kappa shape index (κ3) is 3.06. The van der Waals surface area contributed by atoms with Crippen LogP contribution in [0.5, 0.6) is 0 Å². The van der Waals surface area contributed by atoms with Gasteiger partial charge in [-0.1, -0.05) is 17.2 Å². The van der Waals surface area contributed by atoms with Crippen molar-refractivity contribution in [3.63, 3.8) is 0 Å². The first-order chi connectivity index (χ1) is 8.06. The van der Waals surface area contributed by atoms with Crippen molar-refractivity contribution in [2.24, 2.45) is 5.92 Å². The van der Waals surface area contributed by atoms with Crippen LogP contribution in [0.2, 0.25) is 0 Å². The highest BCUT2D eigenvalue weighted by molar-refractivity contribution is 5.96. The van der Waals surface area contributed by atoms with E-state index in [1.807, 2.05) is 19.9 Å². The number of aryl methyl sites for hydroxylation is 2. The molecule has 0 heterocycles. The van der Waals surface area contributed by atoms with E-state index in [0.717, 1.165) is 24.0 Å². The number of carbonyl (C=O) groups is 2. The van der Waals surface area contributed by atoms with Gasteiger partial charge >= 0.3 is 0 Å². The lowest BCUT2D eigenvalue weighted by atomic mass is 10.1. The fourth-order valence-corrected chi connectivity index (χ4v) is 1.74. The van der Waals surface area contributed by atoms with Crippen LogP contribution in [0, 0.1) is 19.8 Å². The first-order valence-corrected chi connectivity index (χ1v) is 5.75. The Labute approximate surface area is 100 Å². The molecule has 4 nitrogen and oxygen atoms in total. The minimum atomic E-state index is -0.272. The van der Waals surface area contributed by atoms with Crippen LogP contribution in [0.15, 0.2) is 18.2 Å². The van der Waals surface area contributed by atoms with Crippen molar-refractivity contribution < 1.29 is 9.59 Å². The zero-order valence-electron chi connectivity index (χ0n) is 10.0. The Morgan fingerprint density at radius 3 is 2.18 bits per heavy atom. The van der Waals surface area contributed by atoms with Crippen LogP contribution < -0.4 is 10.9 Å². The molecule has 1 saturated carbocycles. The molecule has 0 unspecified atom stereocenters. The van der Waals surface area contributed by atoms with E-state index in [4.69, 9.17) is 0 Å². The van der Waals surface area contributed by atoms with Crippen molar-refractivity contribution in [2.45, 2.75) is 26.7 Å². The van der Waals surface area contributed by atoms with E-state index in [0.29, 0.717) is 5.56 Å². The number of hydrazine groups is 1. The van der Waals surface area contributed by atoms with E-state index >= 15 is 0 Å². The Morgan fingerprint density at radius 2 is 1.65 bits per heavy atom. The minimum Gasteiger partial charge on any atom is -0.273 e. The monoisotopic (exact) mass is 232 g/mol. The van der Waals surface area contributed by atoms with Gasteiger partial charge in [-0.2, -0.15) is 0 Å². The SMILES string of the molecule is Cc1cc(C)cc(C(=O)NNC(=O)C2CC2)c1. The van der Waals surface area contributed by atoms with Crippen molar-refractivity contribution in [3.8, 4) is 0 Å². The van der Waals surface area contributed by atoms with Gasteiger partial charge in [-0.3, -0.25) is 20.4 Å². The van der Waals surface area contributed by atoms with Gasteiger partial charge in [-0.25, -0.2) is 0 Å². The molecule has 0 saturated heterocycles. The maximum atomic E-state index is 11.8. The molecule has 1 fully saturated rings. The lowest BCUT2D eigenvalue weighted by Gasteiger charge is -2.08. The second-order valence-corrected chi connectivity index (χ2v) is 4.59. The molecule has 0 spiro atoms. The summed E-state index contributed by atoms with van der Waals surface area (Å²) in [4.78, 5) is 23.1. The molecule has 0 aromatic heterocycles. The van der Waals surface area contributed by atoms with E-state index < -0.39 is 0 Å². The van der Waals surface area contributed by atoms with Crippen LogP contribution in [0.3, 0.4) is 0 Å². The summed E-state index contributed by atoms with van der Waals surface area (Å²) >= 11 is 0. The van der Waals surface area contributed by atoms with Gasteiger partial charge in [-0.15, -0.1) is 0 Å². The van der Waals surface area contributed by atoms with Gasteiger partial charge in [0, 0.05) is 11.5 Å². The van der Waals surface area contributed by atoms with Gasteiger partial charge in [-0.05, 0) is 38.8 Å². The quantitative estimate of drug-likeness (QED) is 0.759. The van der Waals surface area contributed by atoms with Crippen LogP contribution in [-0.4, -0.2) is 11.8 Å². The van der Waals surface area contributed by atoms with Gasteiger partial charge < -0.3 is 0 Å². The van der Waals surface area contributed by atoms with Crippen molar-refractivity contribution in [1.82, 2.24) is 10.9 Å². The van der Waals surface area contributed by atoms with Gasteiger partial charge in [0.1, 0.15) is 0 Å². The Bertz CT molecular complexity index is 444. The Hall–Kier alpha value is -1.84. The van der Waals surface area contributed by atoms with Crippen LogP contribution in [0.4, 0.5) is 0 Å². The molecule has 0 aliphatic heterocycles. The average molecular weight is 232 g/mol. The van der Waals surface area contributed by atoms with Crippen molar-refractivity contribution in [2.75, 3.05) is 0 Å². The van der Waals surface area contributed by atoms with Gasteiger partial charge in [0.25, 0.3) is 5.91 Å². The van der Waals surface area contributed by atoms with E-state index in [1.54, 1.807) is 12.1 Å². The third-order valence-electron chi connectivity index (χ3n) is 2.73. The summed E-state index contributed by atoms with van der Waals surface area (Å²) in [5.41, 5.74) is 7.51. The number of rotatable bonds is 2. The first kappa shape index (κ1) is 11.6. The normalized spacial score (nSPS) is 14.2. The van der Waals surface area contributed by atoms with Crippen LogP contribution in [0.25, 0.3) is 0 Å². The molecular weight excluding hydrogens is 216 g/mol. The lowest BCUT2D eigenvalue weighted by molar-refractivity contribution is -0.123. The van der Waals surface area contributed by atoms with Gasteiger partial charge in [0.15, 0.2) is 0 Å². The number of hydrogen-bond acceptors (Lipinski definition) is 2. The summed E-state index contributed by atoms with van der Waals surface area (Å²) in [5, 5.41) is 0. The Balaban J connectivity index is 1.96. The molecule has 0 radical (unpaired) electrons. The summed E-state index contributed by atoms with van der Waals surface area (Å²) in [6.45, 7) is 3.87. The predicted molar refractivity (Wildman–Crippen MR) is 64.2 cm³/mol. The fourth-order valence-electron chi connectivity index (χ4n) is 1.74. The molecule has 4 heteroatoms. The molecule has 0 bridgehead atoms. The first-order valence-electron chi connectivity index (χ1n) is 5.75. The topological polar surface area (TPSA) is 58.2 Å². The standard InChI is InChI=1S/C13H16N2O2/c1-8-5-9(2)7-11(6-8)13(17)15-14-12(16)10-3-4-10/h5-7,10H,3-4H2,1-2H3,(H,14,16)(H,15,17). The highest BCUT2D eigenvalue weighted by Gasteiger charge is 2.29. The maximum absolute atomic E-state index is 11.8. The third-order valence-corrected chi connectivity index (χ3v) is 2.73. The molecule has 1 aliphatic carbocycles. The Kier molecular flexibility index (Phi) is 3.13. The fraction of sp³-hybridized carbons (Fsp3) is 0.385. The molecule has 1 aromatic rings. The van der Waals surface area contributed by atoms with E-state index in [2.05, 4.69) is 10.9 Å². The number of amides is 2. The van der Waals surface area contributed by atoms with Gasteiger partial charge in [0.2, 0.25) is 5.91 Å². The highest BCUT2D eigenvalue weighted by atomic mass is 16.2. The predicted octanol–water partition coefficient (Wildman–Crippen LogP) is 1.47. The van der Waals surface area contributed by atoms with Crippen LogP contribution in [0.1, 0.15) is 34.3 Å². The maximum Gasteiger partial charge on any atom is 0.269 e. The second kappa shape index (κ2) is 4.57.